The van der Waals surface area contributed by atoms with Crippen LogP contribution in [0.25, 0.3) is 0 Å². The minimum absolute atomic E-state index is 0.00204. The van der Waals surface area contributed by atoms with Crippen LogP contribution >= 0.6 is 0 Å². The van der Waals surface area contributed by atoms with E-state index in [1.807, 2.05) is 38.2 Å². The topological polar surface area (TPSA) is 45.2 Å². The second-order valence-corrected chi connectivity index (χ2v) is 5.10. The van der Waals surface area contributed by atoms with Crippen LogP contribution in [0.1, 0.15) is 23.6 Å². The Morgan fingerprint density at radius 3 is 2.90 bits per heavy atom. The Bertz CT molecular complexity index is 654. The molecule has 1 aromatic heterocycles. The highest BCUT2D eigenvalue weighted by Gasteiger charge is 2.28. The summed E-state index contributed by atoms with van der Waals surface area (Å²) in [5.41, 5.74) is 4.23. The lowest BCUT2D eigenvalue weighted by atomic mass is 9.96. The number of hydrogen-bond donors (Lipinski definition) is 1. The van der Waals surface area contributed by atoms with E-state index in [2.05, 4.69) is 16.4 Å². The van der Waals surface area contributed by atoms with Gasteiger partial charge in [0.2, 0.25) is 5.91 Å². The van der Waals surface area contributed by atoms with Gasteiger partial charge in [-0.3, -0.25) is 9.78 Å². The van der Waals surface area contributed by atoms with Gasteiger partial charge in [-0.15, -0.1) is 0 Å². The first-order valence-corrected chi connectivity index (χ1v) is 6.69. The van der Waals surface area contributed by atoms with Crippen molar-refractivity contribution in [2.45, 2.75) is 19.4 Å². The van der Waals surface area contributed by atoms with Crippen LogP contribution in [0.2, 0.25) is 0 Å². The van der Waals surface area contributed by atoms with E-state index < -0.39 is 0 Å². The number of anilines is 2. The fraction of sp³-hybridized carbons (Fsp3) is 0.250. The standard InChI is InChI=1S/C16H17N3O/c1-11-7-8-17-10-14(11)18-13-9-16(20)19(2)15-6-4-3-5-12(13)15/h3-8,10,13,18H,9H2,1-2H3. The summed E-state index contributed by atoms with van der Waals surface area (Å²) in [4.78, 5) is 18.0. The molecule has 0 spiro atoms. The second-order valence-electron chi connectivity index (χ2n) is 5.10. The first-order valence-electron chi connectivity index (χ1n) is 6.69. The molecular weight excluding hydrogens is 250 g/mol. The zero-order valence-corrected chi connectivity index (χ0v) is 11.6. The molecule has 0 saturated heterocycles. The normalized spacial score (nSPS) is 17.8. The molecule has 1 atom stereocenters. The smallest absolute Gasteiger partial charge is 0.229 e. The number of hydrogen-bond acceptors (Lipinski definition) is 3. The Morgan fingerprint density at radius 2 is 2.10 bits per heavy atom. The molecule has 1 amide bonds. The van der Waals surface area contributed by atoms with E-state index in [4.69, 9.17) is 0 Å². The van der Waals surface area contributed by atoms with Gasteiger partial charge in [0.05, 0.1) is 24.3 Å². The van der Waals surface area contributed by atoms with Crippen molar-refractivity contribution in [2.24, 2.45) is 0 Å². The molecule has 1 aromatic carbocycles. The Balaban J connectivity index is 1.97. The van der Waals surface area contributed by atoms with Crippen LogP contribution in [0.15, 0.2) is 42.7 Å². The Morgan fingerprint density at radius 1 is 1.30 bits per heavy atom. The fourth-order valence-electron chi connectivity index (χ4n) is 2.58. The highest BCUT2D eigenvalue weighted by Crippen LogP contribution is 2.35. The van der Waals surface area contributed by atoms with Gasteiger partial charge in [-0.05, 0) is 30.2 Å². The molecule has 2 heterocycles. The van der Waals surface area contributed by atoms with Gasteiger partial charge in [-0.25, -0.2) is 0 Å². The summed E-state index contributed by atoms with van der Waals surface area (Å²) in [6, 6.07) is 9.98. The number of para-hydroxylation sites is 1. The highest BCUT2D eigenvalue weighted by atomic mass is 16.2. The summed E-state index contributed by atoms with van der Waals surface area (Å²) >= 11 is 0. The third-order valence-corrected chi connectivity index (χ3v) is 3.80. The van der Waals surface area contributed by atoms with Crippen molar-refractivity contribution in [3.8, 4) is 0 Å². The van der Waals surface area contributed by atoms with Crippen molar-refractivity contribution < 1.29 is 4.79 Å². The molecular formula is C16H17N3O. The molecule has 0 saturated carbocycles. The van der Waals surface area contributed by atoms with Gasteiger partial charge in [-0.2, -0.15) is 0 Å². The minimum Gasteiger partial charge on any atom is -0.376 e. The third kappa shape index (κ3) is 2.13. The maximum Gasteiger partial charge on any atom is 0.229 e. The van der Waals surface area contributed by atoms with E-state index in [0.717, 1.165) is 22.5 Å². The van der Waals surface area contributed by atoms with Crippen LogP contribution in [-0.4, -0.2) is 17.9 Å². The number of nitrogens with zero attached hydrogens (tertiary/aromatic N) is 2. The van der Waals surface area contributed by atoms with Crippen molar-refractivity contribution >= 4 is 17.3 Å². The lowest BCUT2D eigenvalue weighted by Gasteiger charge is -2.32. The molecule has 0 bridgehead atoms. The summed E-state index contributed by atoms with van der Waals surface area (Å²) in [5.74, 6) is 0.128. The lowest BCUT2D eigenvalue weighted by molar-refractivity contribution is -0.118. The van der Waals surface area contributed by atoms with Crippen molar-refractivity contribution in [3.05, 3.63) is 53.9 Å². The SMILES string of the molecule is Cc1ccncc1NC1CC(=O)N(C)c2ccccc21. The molecule has 3 rings (SSSR count). The molecule has 4 nitrogen and oxygen atoms in total. The molecule has 2 aromatic rings. The van der Waals surface area contributed by atoms with E-state index in [0.29, 0.717) is 6.42 Å². The van der Waals surface area contributed by atoms with Crippen LogP contribution < -0.4 is 10.2 Å². The van der Waals surface area contributed by atoms with Crippen molar-refractivity contribution in [3.63, 3.8) is 0 Å². The number of nitrogens with one attached hydrogen (secondary N) is 1. The van der Waals surface area contributed by atoms with Gasteiger partial charge in [0.1, 0.15) is 0 Å². The summed E-state index contributed by atoms with van der Waals surface area (Å²) in [6.45, 7) is 2.03. The molecule has 0 aliphatic carbocycles. The molecule has 1 N–H and O–H groups in total. The number of aromatic nitrogens is 1. The van der Waals surface area contributed by atoms with Crippen LogP contribution in [0.5, 0.6) is 0 Å². The number of rotatable bonds is 2. The molecule has 1 aliphatic heterocycles. The first kappa shape index (κ1) is 12.7. The van der Waals surface area contributed by atoms with Gasteiger partial charge >= 0.3 is 0 Å². The zero-order valence-electron chi connectivity index (χ0n) is 11.6. The Kier molecular flexibility index (Phi) is 3.14. The van der Waals surface area contributed by atoms with Gasteiger partial charge in [0.15, 0.2) is 0 Å². The predicted octanol–water partition coefficient (Wildman–Crippen LogP) is 2.91. The van der Waals surface area contributed by atoms with E-state index in [-0.39, 0.29) is 11.9 Å². The van der Waals surface area contributed by atoms with Gasteiger partial charge in [0, 0.05) is 18.9 Å². The van der Waals surface area contributed by atoms with Crippen LogP contribution in [0.3, 0.4) is 0 Å². The fourth-order valence-corrected chi connectivity index (χ4v) is 2.58. The number of benzene rings is 1. The molecule has 20 heavy (non-hydrogen) atoms. The quantitative estimate of drug-likeness (QED) is 0.910. The first-order chi connectivity index (χ1) is 9.66. The summed E-state index contributed by atoms with van der Waals surface area (Å²) in [7, 11) is 1.83. The van der Waals surface area contributed by atoms with Crippen molar-refractivity contribution in [2.75, 3.05) is 17.3 Å². The molecule has 1 aliphatic rings. The van der Waals surface area contributed by atoms with Crippen LogP contribution in [-0.2, 0) is 4.79 Å². The largest absolute Gasteiger partial charge is 0.376 e. The number of amides is 1. The lowest BCUT2D eigenvalue weighted by Crippen LogP contribution is -2.35. The average molecular weight is 267 g/mol. The van der Waals surface area contributed by atoms with E-state index in [1.54, 1.807) is 17.3 Å². The number of carbonyl (C=O) groups is 1. The average Bonchev–Trinajstić information content (AvgIpc) is 2.47. The summed E-state index contributed by atoms with van der Waals surface area (Å²) < 4.78 is 0. The Labute approximate surface area is 118 Å². The number of aryl methyl sites for hydroxylation is 1. The summed E-state index contributed by atoms with van der Waals surface area (Å²) in [5, 5.41) is 3.45. The van der Waals surface area contributed by atoms with E-state index in [9.17, 15) is 4.79 Å². The third-order valence-electron chi connectivity index (χ3n) is 3.80. The molecule has 1 unspecified atom stereocenters. The monoisotopic (exact) mass is 267 g/mol. The molecule has 0 fully saturated rings. The van der Waals surface area contributed by atoms with Gasteiger partial charge in [0.25, 0.3) is 0 Å². The van der Waals surface area contributed by atoms with Crippen molar-refractivity contribution in [1.82, 2.24) is 4.98 Å². The number of fused-ring (bicyclic) bond motifs is 1. The van der Waals surface area contributed by atoms with E-state index >= 15 is 0 Å². The maximum atomic E-state index is 12.1. The second kappa shape index (κ2) is 4.96. The van der Waals surface area contributed by atoms with Crippen LogP contribution in [0.4, 0.5) is 11.4 Å². The van der Waals surface area contributed by atoms with Crippen molar-refractivity contribution in [1.29, 1.82) is 0 Å². The molecule has 102 valence electrons. The minimum atomic E-state index is -0.00204. The zero-order chi connectivity index (χ0) is 14.1. The number of carbonyl (C=O) groups excluding carboxylic acids is 1. The van der Waals surface area contributed by atoms with E-state index in [1.165, 1.54) is 0 Å². The van der Waals surface area contributed by atoms with Gasteiger partial charge < -0.3 is 10.2 Å². The van der Waals surface area contributed by atoms with Crippen LogP contribution in [0, 0.1) is 6.92 Å². The summed E-state index contributed by atoms with van der Waals surface area (Å²) in [6.07, 6.45) is 4.04. The maximum absolute atomic E-state index is 12.1. The molecule has 0 radical (unpaired) electrons. The van der Waals surface area contributed by atoms with Gasteiger partial charge in [-0.1, -0.05) is 18.2 Å². The Hall–Kier alpha value is -2.36. The number of pyridine rings is 1. The predicted molar refractivity (Wildman–Crippen MR) is 79.8 cm³/mol. The highest BCUT2D eigenvalue weighted by molar-refractivity contribution is 5.97. The molecule has 4 heteroatoms.